The number of aryl methyl sites for hydroxylation is 1. The Morgan fingerprint density at radius 3 is 2.86 bits per heavy atom. The van der Waals surface area contributed by atoms with E-state index < -0.39 is 0 Å². The first-order valence-electron chi connectivity index (χ1n) is 6.70. The molecule has 108 valence electrons. The topological polar surface area (TPSA) is 53.1 Å². The molecule has 4 nitrogen and oxygen atoms in total. The number of fused-ring (bicyclic) bond motifs is 1. The maximum atomic E-state index is 13.4. The minimum atomic E-state index is -0.348. The summed E-state index contributed by atoms with van der Waals surface area (Å²) >= 11 is 0. The van der Waals surface area contributed by atoms with Gasteiger partial charge in [0.2, 0.25) is 0 Å². The van der Waals surface area contributed by atoms with Crippen molar-refractivity contribution in [3.63, 3.8) is 0 Å². The molecule has 0 bridgehead atoms. The molecular weight excluding hydrogens is 269 g/mol. The average molecular weight is 285 g/mol. The summed E-state index contributed by atoms with van der Waals surface area (Å²) < 4.78 is 20.9. The van der Waals surface area contributed by atoms with Crippen molar-refractivity contribution in [2.24, 2.45) is 12.8 Å². The molecule has 0 unspecified atom stereocenters. The van der Waals surface area contributed by atoms with Crippen molar-refractivity contribution < 1.29 is 9.13 Å². The van der Waals surface area contributed by atoms with Crippen LogP contribution in [0.15, 0.2) is 42.5 Å². The van der Waals surface area contributed by atoms with Gasteiger partial charge in [0, 0.05) is 25.0 Å². The molecule has 21 heavy (non-hydrogen) atoms. The summed E-state index contributed by atoms with van der Waals surface area (Å²) in [4.78, 5) is 0. The van der Waals surface area contributed by atoms with Crippen molar-refractivity contribution in [2.75, 3.05) is 0 Å². The second-order valence-electron chi connectivity index (χ2n) is 4.88. The van der Waals surface area contributed by atoms with Gasteiger partial charge in [-0.2, -0.15) is 5.10 Å². The molecule has 1 aromatic heterocycles. The Labute approximate surface area is 121 Å². The summed E-state index contributed by atoms with van der Waals surface area (Å²) in [5.41, 5.74) is 8.10. The van der Waals surface area contributed by atoms with Gasteiger partial charge in [-0.05, 0) is 23.8 Å². The van der Waals surface area contributed by atoms with Crippen LogP contribution < -0.4 is 10.5 Å². The zero-order valence-electron chi connectivity index (χ0n) is 11.7. The van der Waals surface area contributed by atoms with Crippen LogP contribution >= 0.6 is 0 Å². The molecule has 0 spiro atoms. The van der Waals surface area contributed by atoms with Crippen LogP contribution in [0.25, 0.3) is 10.9 Å². The highest BCUT2D eigenvalue weighted by atomic mass is 19.1. The molecule has 0 aliphatic rings. The molecule has 0 saturated carbocycles. The van der Waals surface area contributed by atoms with Gasteiger partial charge in [-0.1, -0.05) is 18.2 Å². The van der Waals surface area contributed by atoms with Gasteiger partial charge in [0.15, 0.2) is 0 Å². The van der Waals surface area contributed by atoms with Crippen molar-refractivity contribution in [3.8, 4) is 5.75 Å². The van der Waals surface area contributed by atoms with Crippen LogP contribution in [0.4, 0.5) is 4.39 Å². The van der Waals surface area contributed by atoms with Gasteiger partial charge < -0.3 is 10.5 Å². The Bertz CT molecular complexity index is 782. The molecule has 0 atom stereocenters. The van der Waals surface area contributed by atoms with Crippen LogP contribution in [0.2, 0.25) is 0 Å². The van der Waals surface area contributed by atoms with E-state index in [2.05, 4.69) is 5.10 Å². The molecular formula is C16H16FN3O. The molecule has 5 heteroatoms. The van der Waals surface area contributed by atoms with Crippen LogP contribution in [0.5, 0.6) is 5.75 Å². The highest BCUT2D eigenvalue weighted by Crippen LogP contribution is 2.21. The molecule has 1 heterocycles. The fourth-order valence-corrected chi connectivity index (χ4v) is 2.37. The van der Waals surface area contributed by atoms with Gasteiger partial charge in [0.05, 0.1) is 5.52 Å². The number of para-hydroxylation sites is 1. The molecule has 3 rings (SSSR count). The quantitative estimate of drug-likeness (QED) is 0.802. The minimum absolute atomic E-state index is 0.278. The number of aromatic nitrogens is 2. The Kier molecular flexibility index (Phi) is 3.58. The molecule has 2 aromatic carbocycles. The van der Waals surface area contributed by atoms with Crippen molar-refractivity contribution in [3.05, 3.63) is 59.5 Å². The van der Waals surface area contributed by atoms with Crippen LogP contribution in [-0.2, 0) is 20.2 Å². The average Bonchev–Trinajstić information content (AvgIpc) is 2.82. The molecule has 0 amide bonds. The Morgan fingerprint density at radius 1 is 1.24 bits per heavy atom. The first kappa shape index (κ1) is 13.6. The highest BCUT2D eigenvalue weighted by Gasteiger charge is 2.09. The van der Waals surface area contributed by atoms with E-state index in [9.17, 15) is 4.39 Å². The van der Waals surface area contributed by atoms with Crippen LogP contribution in [0.3, 0.4) is 0 Å². The molecule has 2 N–H and O–H groups in total. The lowest BCUT2D eigenvalue weighted by molar-refractivity contribution is 0.299. The number of hydrogen-bond acceptors (Lipinski definition) is 3. The monoisotopic (exact) mass is 285 g/mol. The second-order valence-corrected chi connectivity index (χ2v) is 4.88. The van der Waals surface area contributed by atoms with E-state index in [4.69, 9.17) is 10.5 Å². The number of halogens is 1. The first-order valence-corrected chi connectivity index (χ1v) is 6.70. The molecule has 0 radical (unpaired) electrons. The van der Waals surface area contributed by atoms with E-state index in [0.717, 1.165) is 16.6 Å². The summed E-state index contributed by atoms with van der Waals surface area (Å²) in [6.07, 6.45) is 0. The molecule has 0 aliphatic carbocycles. The first-order chi connectivity index (χ1) is 10.2. The zero-order valence-corrected chi connectivity index (χ0v) is 11.7. The van der Waals surface area contributed by atoms with Gasteiger partial charge in [-0.25, -0.2) is 4.39 Å². The maximum absolute atomic E-state index is 13.4. The predicted octanol–water partition coefficient (Wildman–Crippen LogP) is 2.75. The van der Waals surface area contributed by atoms with E-state index in [1.165, 1.54) is 12.1 Å². The van der Waals surface area contributed by atoms with Crippen LogP contribution in [0.1, 0.15) is 11.3 Å². The van der Waals surface area contributed by atoms with Crippen molar-refractivity contribution in [1.29, 1.82) is 0 Å². The third kappa shape index (κ3) is 2.73. The highest BCUT2D eigenvalue weighted by molar-refractivity contribution is 5.81. The summed E-state index contributed by atoms with van der Waals surface area (Å²) in [5, 5.41) is 5.48. The van der Waals surface area contributed by atoms with Crippen LogP contribution in [-0.4, -0.2) is 9.78 Å². The van der Waals surface area contributed by atoms with E-state index >= 15 is 0 Å². The zero-order chi connectivity index (χ0) is 14.8. The summed E-state index contributed by atoms with van der Waals surface area (Å²) in [5.74, 6) is 0.115. The SMILES string of the molecule is Cn1nc(COc2cc(F)cc(CN)c2)c2ccccc21. The lowest BCUT2D eigenvalue weighted by Crippen LogP contribution is -2.01. The lowest BCUT2D eigenvalue weighted by atomic mass is 10.2. The molecule has 0 saturated heterocycles. The number of hydrogen-bond donors (Lipinski definition) is 1. The standard InChI is InChI=1S/C16H16FN3O/c1-20-16-5-3-2-4-14(16)15(19-20)10-21-13-7-11(9-18)6-12(17)8-13/h2-8H,9-10,18H2,1H3. The molecule has 0 aliphatic heterocycles. The second kappa shape index (κ2) is 5.54. The molecule has 0 fully saturated rings. The normalized spacial score (nSPS) is 11.0. The fraction of sp³-hybridized carbons (Fsp3) is 0.188. The van der Waals surface area contributed by atoms with E-state index in [1.54, 1.807) is 6.07 Å². The predicted molar refractivity (Wildman–Crippen MR) is 79.3 cm³/mol. The number of rotatable bonds is 4. The van der Waals surface area contributed by atoms with Crippen molar-refractivity contribution >= 4 is 10.9 Å². The summed E-state index contributed by atoms with van der Waals surface area (Å²) in [7, 11) is 1.89. The third-order valence-corrected chi connectivity index (χ3v) is 3.38. The minimum Gasteiger partial charge on any atom is -0.487 e. The smallest absolute Gasteiger partial charge is 0.133 e. The van der Waals surface area contributed by atoms with E-state index in [-0.39, 0.29) is 19.0 Å². The van der Waals surface area contributed by atoms with E-state index in [1.807, 2.05) is 36.0 Å². The lowest BCUT2D eigenvalue weighted by Gasteiger charge is -2.07. The molecule has 3 aromatic rings. The summed E-state index contributed by atoms with van der Waals surface area (Å²) in [6, 6.07) is 12.4. The van der Waals surface area contributed by atoms with Crippen molar-refractivity contribution in [1.82, 2.24) is 9.78 Å². The number of nitrogens with two attached hydrogens (primary N) is 1. The number of benzene rings is 2. The maximum Gasteiger partial charge on any atom is 0.133 e. The van der Waals surface area contributed by atoms with Gasteiger partial charge in [0.25, 0.3) is 0 Å². The van der Waals surface area contributed by atoms with E-state index in [0.29, 0.717) is 11.3 Å². The van der Waals surface area contributed by atoms with Crippen molar-refractivity contribution in [2.45, 2.75) is 13.2 Å². The van der Waals surface area contributed by atoms with Gasteiger partial charge in [-0.3, -0.25) is 4.68 Å². The Morgan fingerprint density at radius 2 is 2.05 bits per heavy atom. The Hall–Kier alpha value is -2.40. The number of nitrogens with zero attached hydrogens (tertiary/aromatic N) is 2. The summed E-state index contributed by atoms with van der Waals surface area (Å²) in [6.45, 7) is 0.565. The van der Waals surface area contributed by atoms with Gasteiger partial charge in [0.1, 0.15) is 23.9 Å². The third-order valence-electron chi connectivity index (χ3n) is 3.38. The van der Waals surface area contributed by atoms with Gasteiger partial charge >= 0.3 is 0 Å². The Balaban J connectivity index is 1.85. The fourth-order valence-electron chi connectivity index (χ4n) is 2.37. The van der Waals surface area contributed by atoms with Crippen LogP contribution in [0, 0.1) is 5.82 Å². The number of ether oxygens (including phenoxy) is 1. The largest absolute Gasteiger partial charge is 0.487 e. The van der Waals surface area contributed by atoms with Gasteiger partial charge in [-0.15, -0.1) is 0 Å².